The highest BCUT2D eigenvalue weighted by Crippen LogP contribution is 1.91. The van der Waals surface area contributed by atoms with Gasteiger partial charge in [0.25, 0.3) is 0 Å². The molecule has 0 aliphatic carbocycles. The standard InChI is InChI=1S/C10H20N2O.ClH/c1-6-9(7-12(4)5)11-10(13)8(2)3;/h9H,2,6-7H2,1,3-5H3,(H,11,13);1H. The second-order valence-electron chi connectivity index (χ2n) is 3.77. The van der Waals surface area contributed by atoms with Crippen LogP contribution in [0.4, 0.5) is 0 Å². The van der Waals surface area contributed by atoms with E-state index in [9.17, 15) is 4.79 Å². The highest BCUT2D eigenvalue weighted by molar-refractivity contribution is 5.92. The number of carbonyl (C=O) groups excluding carboxylic acids is 1. The molecule has 1 amide bonds. The van der Waals surface area contributed by atoms with Crippen molar-refractivity contribution in [2.45, 2.75) is 26.3 Å². The van der Waals surface area contributed by atoms with E-state index in [0.29, 0.717) is 5.57 Å². The van der Waals surface area contributed by atoms with Crippen LogP contribution in [0, 0.1) is 0 Å². The minimum absolute atomic E-state index is 0. The monoisotopic (exact) mass is 220 g/mol. The van der Waals surface area contributed by atoms with Crippen molar-refractivity contribution in [2.75, 3.05) is 20.6 Å². The van der Waals surface area contributed by atoms with Crippen molar-refractivity contribution in [3.8, 4) is 0 Å². The van der Waals surface area contributed by atoms with Gasteiger partial charge in [-0.15, -0.1) is 0 Å². The maximum Gasteiger partial charge on any atom is 0.246 e. The lowest BCUT2D eigenvalue weighted by atomic mass is 10.2. The quantitative estimate of drug-likeness (QED) is 0.466. The lowest BCUT2D eigenvalue weighted by molar-refractivity contribution is -0.859. The maximum absolute atomic E-state index is 11.3. The topological polar surface area (TPSA) is 33.5 Å². The number of halogens is 1. The molecule has 0 bridgehead atoms. The van der Waals surface area contributed by atoms with E-state index in [4.69, 9.17) is 0 Å². The van der Waals surface area contributed by atoms with Crippen LogP contribution >= 0.6 is 0 Å². The molecule has 3 nitrogen and oxygen atoms in total. The van der Waals surface area contributed by atoms with Gasteiger partial charge in [0.15, 0.2) is 0 Å². The molecule has 0 aromatic heterocycles. The zero-order valence-electron chi connectivity index (χ0n) is 9.48. The van der Waals surface area contributed by atoms with E-state index in [1.165, 1.54) is 4.90 Å². The second kappa shape index (κ2) is 7.83. The van der Waals surface area contributed by atoms with E-state index < -0.39 is 0 Å². The summed E-state index contributed by atoms with van der Waals surface area (Å²) in [6.07, 6.45) is 0.962. The second-order valence-corrected chi connectivity index (χ2v) is 3.77. The lowest BCUT2D eigenvalue weighted by Crippen LogP contribution is -3.07. The molecule has 0 spiro atoms. The summed E-state index contributed by atoms with van der Waals surface area (Å²) in [5.74, 6) is -0.0342. The average molecular weight is 221 g/mol. The summed E-state index contributed by atoms with van der Waals surface area (Å²) >= 11 is 0. The highest BCUT2D eigenvalue weighted by Gasteiger charge is 2.12. The Balaban J connectivity index is 0. The number of hydrogen-bond acceptors (Lipinski definition) is 1. The van der Waals surface area contributed by atoms with Gasteiger partial charge in [0, 0.05) is 5.57 Å². The number of hydrogen-bond donors (Lipinski definition) is 2. The molecule has 2 N–H and O–H groups in total. The van der Waals surface area contributed by atoms with E-state index in [-0.39, 0.29) is 24.4 Å². The van der Waals surface area contributed by atoms with Gasteiger partial charge < -0.3 is 22.6 Å². The molecule has 14 heavy (non-hydrogen) atoms. The minimum atomic E-state index is -0.0342. The van der Waals surface area contributed by atoms with Crippen molar-refractivity contribution in [1.82, 2.24) is 5.32 Å². The molecule has 0 fully saturated rings. The average Bonchev–Trinajstić information content (AvgIpc) is 2.02. The first-order chi connectivity index (χ1) is 5.97. The van der Waals surface area contributed by atoms with Crippen LogP contribution in [0.5, 0.6) is 0 Å². The number of quaternary nitrogens is 1. The Morgan fingerprint density at radius 3 is 2.29 bits per heavy atom. The summed E-state index contributed by atoms with van der Waals surface area (Å²) in [6, 6.07) is 0.259. The Kier molecular flexibility index (Phi) is 8.89. The minimum Gasteiger partial charge on any atom is -1.00 e. The molecule has 4 heteroatoms. The smallest absolute Gasteiger partial charge is 0.246 e. The third kappa shape index (κ3) is 6.92. The molecule has 0 aliphatic heterocycles. The molecule has 0 heterocycles. The Morgan fingerprint density at radius 2 is 2.00 bits per heavy atom. The van der Waals surface area contributed by atoms with Crippen molar-refractivity contribution in [3.63, 3.8) is 0 Å². The van der Waals surface area contributed by atoms with E-state index in [0.717, 1.165) is 13.0 Å². The molecule has 0 saturated carbocycles. The maximum atomic E-state index is 11.3. The Labute approximate surface area is 93.0 Å². The molecule has 84 valence electrons. The van der Waals surface area contributed by atoms with Crippen molar-refractivity contribution < 1.29 is 22.1 Å². The van der Waals surface area contributed by atoms with Crippen LogP contribution in [0.2, 0.25) is 0 Å². The van der Waals surface area contributed by atoms with Crippen LogP contribution in [0.25, 0.3) is 0 Å². The fourth-order valence-corrected chi connectivity index (χ4v) is 1.10. The number of rotatable bonds is 5. The van der Waals surface area contributed by atoms with Gasteiger partial charge in [0.05, 0.1) is 26.7 Å². The fourth-order valence-electron chi connectivity index (χ4n) is 1.10. The zero-order chi connectivity index (χ0) is 10.4. The Bertz CT molecular complexity index is 193. The Morgan fingerprint density at radius 1 is 1.50 bits per heavy atom. The number of carbonyl (C=O) groups is 1. The van der Waals surface area contributed by atoms with Gasteiger partial charge in [-0.25, -0.2) is 0 Å². The van der Waals surface area contributed by atoms with Crippen molar-refractivity contribution in [1.29, 1.82) is 0 Å². The summed E-state index contributed by atoms with van der Waals surface area (Å²) in [6.45, 7) is 8.36. The van der Waals surface area contributed by atoms with E-state index in [2.05, 4.69) is 32.9 Å². The SMILES string of the molecule is C=C(C)C(=O)NC(CC)C[NH+](C)C.[Cl-]. The predicted molar refractivity (Wildman–Crippen MR) is 54.7 cm³/mol. The van der Waals surface area contributed by atoms with Crippen LogP contribution in [0.15, 0.2) is 12.2 Å². The molecular weight excluding hydrogens is 200 g/mol. The normalized spacial score (nSPS) is 11.8. The molecule has 1 unspecified atom stereocenters. The van der Waals surface area contributed by atoms with E-state index in [1.807, 2.05) is 0 Å². The van der Waals surface area contributed by atoms with Gasteiger partial charge in [-0.2, -0.15) is 0 Å². The highest BCUT2D eigenvalue weighted by atomic mass is 35.5. The third-order valence-electron chi connectivity index (χ3n) is 1.87. The summed E-state index contributed by atoms with van der Waals surface area (Å²) in [4.78, 5) is 12.6. The predicted octanol–water partition coefficient (Wildman–Crippen LogP) is -3.39. The first-order valence-corrected chi connectivity index (χ1v) is 4.72. The van der Waals surface area contributed by atoms with E-state index >= 15 is 0 Å². The van der Waals surface area contributed by atoms with Crippen LogP contribution < -0.4 is 22.6 Å². The zero-order valence-corrected chi connectivity index (χ0v) is 10.2. The largest absolute Gasteiger partial charge is 1.00 e. The molecular formula is C10H21ClN2O. The van der Waals surface area contributed by atoms with E-state index in [1.54, 1.807) is 6.92 Å². The molecule has 0 rings (SSSR count). The van der Waals surface area contributed by atoms with Gasteiger partial charge in [-0.3, -0.25) is 4.79 Å². The summed E-state index contributed by atoms with van der Waals surface area (Å²) in [7, 11) is 4.16. The van der Waals surface area contributed by atoms with Gasteiger partial charge in [-0.05, 0) is 13.3 Å². The number of amides is 1. The fraction of sp³-hybridized carbons (Fsp3) is 0.700. The van der Waals surface area contributed by atoms with Crippen molar-refractivity contribution >= 4 is 5.91 Å². The van der Waals surface area contributed by atoms with Gasteiger partial charge in [0.1, 0.15) is 0 Å². The van der Waals surface area contributed by atoms with Gasteiger partial charge in [-0.1, -0.05) is 13.5 Å². The molecule has 0 aromatic carbocycles. The first-order valence-electron chi connectivity index (χ1n) is 4.72. The van der Waals surface area contributed by atoms with Crippen molar-refractivity contribution in [3.05, 3.63) is 12.2 Å². The Hall–Kier alpha value is -0.540. The molecule has 1 atom stereocenters. The van der Waals surface area contributed by atoms with Crippen molar-refractivity contribution in [2.24, 2.45) is 0 Å². The van der Waals surface area contributed by atoms with Gasteiger partial charge >= 0.3 is 0 Å². The molecule has 0 saturated heterocycles. The number of nitrogens with one attached hydrogen (secondary N) is 2. The van der Waals surface area contributed by atoms with Crippen LogP contribution in [-0.4, -0.2) is 32.6 Å². The molecule has 0 aliphatic rings. The lowest BCUT2D eigenvalue weighted by Gasteiger charge is -2.18. The summed E-state index contributed by atoms with van der Waals surface area (Å²) in [5.41, 5.74) is 0.576. The van der Waals surface area contributed by atoms with Crippen LogP contribution in [0.1, 0.15) is 20.3 Å². The van der Waals surface area contributed by atoms with Crippen LogP contribution in [-0.2, 0) is 4.79 Å². The summed E-state index contributed by atoms with van der Waals surface area (Å²) < 4.78 is 0. The van der Waals surface area contributed by atoms with Gasteiger partial charge in [0.2, 0.25) is 5.91 Å². The number of likely N-dealkylation sites (N-methyl/N-ethyl adjacent to an activating group) is 1. The third-order valence-corrected chi connectivity index (χ3v) is 1.87. The summed E-state index contributed by atoms with van der Waals surface area (Å²) in [5, 5.41) is 2.94. The first kappa shape index (κ1) is 15.9. The molecule has 0 aromatic rings. The molecule has 0 radical (unpaired) electrons. The van der Waals surface area contributed by atoms with Crippen LogP contribution in [0.3, 0.4) is 0 Å².